The Kier molecular flexibility index (Phi) is 5.11. The largest absolute Gasteiger partial charge is 0.309 e. The fourth-order valence-electron chi connectivity index (χ4n) is 3.87. The fraction of sp³-hybridized carbons (Fsp3) is 0.120. The number of hydrogen-bond donors (Lipinski definition) is 1. The second kappa shape index (κ2) is 8.20. The Labute approximate surface area is 179 Å². The lowest BCUT2D eigenvalue weighted by Crippen LogP contribution is -2.24. The number of anilines is 1. The van der Waals surface area contributed by atoms with Crippen LogP contribution < -0.4 is 5.32 Å². The summed E-state index contributed by atoms with van der Waals surface area (Å²) < 4.78 is 1.87. The highest BCUT2D eigenvalue weighted by Gasteiger charge is 2.28. The lowest BCUT2D eigenvalue weighted by atomic mass is 9.90. The van der Waals surface area contributed by atoms with Crippen LogP contribution in [-0.2, 0) is 16.3 Å². The van der Waals surface area contributed by atoms with Gasteiger partial charge in [0, 0.05) is 17.1 Å². The molecule has 4 aromatic rings. The van der Waals surface area contributed by atoms with Gasteiger partial charge in [0.15, 0.2) is 0 Å². The molecule has 30 heavy (non-hydrogen) atoms. The van der Waals surface area contributed by atoms with E-state index in [2.05, 4.69) is 5.32 Å². The number of carbonyl (C=O) groups is 1. The van der Waals surface area contributed by atoms with Crippen LogP contribution in [-0.4, -0.2) is 15.7 Å². The third-order valence-electron chi connectivity index (χ3n) is 5.32. The fourth-order valence-corrected chi connectivity index (χ4v) is 4.91. The van der Waals surface area contributed by atoms with Gasteiger partial charge in [0.25, 0.3) is 0 Å². The van der Waals surface area contributed by atoms with E-state index in [1.807, 2.05) is 107 Å². The first kappa shape index (κ1) is 18.7. The van der Waals surface area contributed by atoms with Gasteiger partial charge in [0.2, 0.25) is 5.91 Å². The van der Waals surface area contributed by atoms with Crippen molar-refractivity contribution in [1.29, 1.82) is 0 Å². The molecule has 3 aromatic carbocycles. The number of hydrogen-bond acceptors (Lipinski definition) is 3. The van der Waals surface area contributed by atoms with Crippen molar-refractivity contribution in [1.82, 2.24) is 9.78 Å². The van der Waals surface area contributed by atoms with Crippen LogP contribution in [0.5, 0.6) is 0 Å². The third-order valence-corrected chi connectivity index (χ3v) is 6.29. The van der Waals surface area contributed by atoms with E-state index in [0.29, 0.717) is 0 Å². The summed E-state index contributed by atoms with van der Waals surface area (Å²) in [5.74, 6) is 2.07. The summed E-state index contributed by atoms with van der Waals surface area (Å²) in [6.07, 6.45) is 0. The van der Waals surface area contributed by atoms with Gasteiger partial charge in [-0.15, -0.1) is 0 Å². The normalized spacial score (nSPS) is 12.7. The van der Waals surface area contributed by atoms with E-state index >= 15 is 0 Å². The molecule has 5 heteroatoms. The highest BCUT2D eigenvalue weighted by atomic mass is 32.2. The first-order chi connectivity index (χ1) is 14.8. The minimum absolute atomic E-state index is 0.0517. The molecule has 0 aliphatic carbocycles. The van der Waals surface area contributed by atoms with Gasteiger partial charge in [-0.2, -0.15) is 16.9 Å². The van der Waals surface area contributed by atoms with Gasteiger partial charge in [-0.05, 0) is 23.3 Å². The number of nitrogens with one attached hydrogen (secondary N) is 1. The topological polar surface area (TPSA) is 46.9 Å². The molecule has 1 aliphatic rings. The van der Waals surface area contributed by atoms with E-state index in [1.165, 1.54) is 0 Å². The van der Waals surface area contributed by atoms with Gasteiger partial charge in [0.05, 0.1) is 17.3 Å². The van der Waals surface area contributed by atoms with Crippen molar-refractivity contribution in [2.45, 2.75) is 17.4 Å². The summed E-state index contributed by atoms with van der Waals surface area (Å²) in [5.41, 5.74) is 5.06. The number of para-hydroxylation sites is 1. The predicted molar refractivity (Wildman–Crippen MR) is 122 cm³/mol. The zero-order valence-electron chi connectivity index (χ0n) is 16.4. The summed E-state index contributed by atoms with van der Waals surface area (Å²) in [6.45, 7) is 0. The molecule has 5 rings (SSSR count). The van der Waals surface area contributed by atoms with E-state index < -0.39 is 5.92 Å². The van der Waals surface area contributed by atoms with E-state index in [1.54, 1.807) is 0 Å². The van der Waals surface area contributed by atoms with Crippen LogP contribution in [0, 0.1) is 0 Å². The quantitative estimate of drug-likeness (QED) is 0.479. The zero-order chi connectivity index (χ0) is 20.3. The van der Waals surface area contributed by atoms with Crippen LogP contribution in [0.1, 0.15) is 28.3 Å². The lowest BCUT2D eigenvalue weighted by molar-refractivity contribution is -0.116. The summed E-state index contributed by atoms with van der Waals surface area (Å²) in [6, 6.07) is 29.8. The molecule has 1 N–H and O–H groups in total. The van der Waals surface area contributed by atoms with Crippen molar-refractivity contribution in [3.8, 4) is 5.69 Å². The first-order valence-corrected chi connectivity index (χ1v) is 11.1. The Bertz CT molecular complexity index is 1120. The minimum atomic E-state index is -0.392. The Morgan fingerprint density at radius 1 is 0.833 bits per heavy atom. The number of aromatic nitrogens is 2. The molecule has 0 fully saturated rings. The highest BCUT2D eigenvalue weighted by molar-refractivity contribution is 7.98. The number of nitrogens with zero attached hydrogens (tertiary/aromatic N) is 2. The SMILES string of the molecule is O=C(Nc1c2c(nn1-c1ccccc1)CSC2)C(c1ccccc1)c1ccccc1. The molecule has 1 aliphatic heterocycles. The van der Waals surface area contributed by atoms with Crippen LogP contribution in [0.4, 0.5) is 5.82 Å². The molecule has 1 amide bonds. The highest BCUT2D eigenvalue weighted by Crippen LogP contribution is 2.37. The Hall–Kier alpha value is -3.31. The zero-order valence-corrected chi connectivity index (χ0v) is 17.2. The smallest absolute Gasteiger partial charge is 0.237 e. The predicted octanol–water partition coefficient (Wildman–Crippen LogP) is 5.39. The summed E-state index contributed by atoms with van der Waals surface area (Å²) in [4.78, 5) is 13.6. The first-order valence-electron chi connectivity index (χ1n) is 9.96. The molecular formula is C25H21N3OS. The standard InChI is InChI=1S/C25H21N3OS/c29-25(23(18-10-4-1-5-11-18)19-12-6-2-7-13-19)26-24-21-16-30-17-22(21)27-28(24)20-14-8-3-9-15-20/h1-15,23H,16-17H2,(H,26,29). The number of rotatable bonds is 5. The van der Waals surface area contributed by atoms with E-state index in [-0.39, 0.29) is 5.91 Å². The molecular weight excluding hydrogens is 390 g/mol. The van der Waals surface area contributed by atoms with Gasteiger partial charge < -0.3 is 5.32 Å². The molecule has 4 nitrogen and oxygen atoms in total. The second-order valence-corrected chi connectivity index (χ2v) is 8.24. The van der Waals surface area contributed by atoms with Gasteiger partial charge in [0.1, 0.15) is 5.82 Å². The molecule has 148 valence electrons. The summed E-state index contributed by atoms with van der Waals surface area (Å²) in [5, 5.41) is 8.03. The maximum atomic E-state index is 13.6. The molecule has 0 radical (unpaired) electrons. The molecule has 0 atom stereocenters. The second-order valence-electron chi connectivity index (χ2n) is 7.26. The van der Waals surface area contributed by atoms with Crippen molar-refractivity contribution < 1.29 is 4.79 Å². The maximum Gasteiger partial charge on any atom is 0.237 e. The Balaban J connectivity index is 1.56. The average Bonchev–Trinajstić information content (AvgIpc) is 3.39. The molecule has 2 heterocycles. The number of fused-ring (bicyclic) bond motifs is 1. The third kappa shape index (κ3) is 3.53. The van der Waals surface area contributed by atoms with Crippen molar-refractivity contribution in [2.75, 3.05) is 5.32 Å². The van der Waals surface area contributed by atoms with Crippen molar-refractivity contribution in [2.24, 2.45) is 0 Å². The van der Waals surface area contributed by atoms with E-state index in [0.717, 1.165) is 45.4 Å². The van der Waals surface area contributed by atoms with Crippen molar-refractivity contribution in [3.63, 3.8) is 0 Å². The molecule has 0 bridgehead atoms. The lowest BCUT2D eigenvalue weighted by Gasteiger charge is -2.19. The summed E-state index contributed by atoms with van der Waals surface area (Å²) >= 11 is 1.83. The van der Waals surface area contributed by atoms with E-state index in [9.17, 15) is 4.79 Å². The van der Waals surface area contributed by atoms with Crippen molar-refractivity contribution in [3.05, 3.63) is 113 Å². The van der Waals surface area contributed by atoms with Crippen molar-refractivity contribution >= 4 is 23.5 Å². The number of amides is 1. The van der Waals surface area contributed by atoms with Crippen LogP contribution in [0.2, 0.25) is 0 Å². The van der Waals surface area contributed by atoms with Crippen LogP contribution in [0.3, 0.4) is 0 Å². The minimum Gasteiger partial charge on any atom is -0.309 e. The average molecular weight is 412 g/mol. The molecule has 0 saturated carbocycles. The van der Waals surface area contributed by atoms with Gasteiger partial charge in [-0.1, -0.05) is 78.9 Å². The number of benzene rings is 3. The Morgan fingerprint density at radius 3 is 2.00 bits per heavy atom. The molecule has 0 spiro atoms. The van der Waals surface area contributed by atoms with Gasteiger partial charge in [-0.3, -0.25) is 4.79 Å². The summed E-state index contributed by atoms with van der Waals surface area (Å²) in [7, 11) is 0. The monoisotopic (exact) mass is 411 g/mol. The Morgan fingerprint density at radius 2 is 1.40 bits per heavy atom. The van der Waals surface area contributed by atoms with Gasteiger partial charge in [-0.25, -0.2) is 4.68 Å². The number of thioether (sulfide) groups is 1. The van der Waals surface area contributed by atoms with Crippen LogP contribution >= 0.6 is 11.8 Å². The maximum absolute atomic E-state index is 13.6. The molecule has 0 saturated heterocycles. The molecule has 1 aromatic heterocycles. The number of carbonyl (C=O) groups excluding carboxylic acids is 1. The van der Waals surface area contributed by atoms with Crippen LogP contribution in [0.15, 0.2) is 91.0 Å². The van der Waals surface area contributed by atoms with Gasteiger partial charge >= 0.3 is 0 Å². The van der Waals surface area contributed by atoms with Crippen LogP contribution in [0.25, 0.3) is 5.69 Å². The molecule has 0 unspecified atom stereocenters. The van der Waals surface area contributed by atoms with E-state index in [4.69, 9.17) is 5.10 Å².